The first-order chi connectivity index (χ1) is 9.22. The summed E-state index contributed by atoms with van der Waals surface area (Å²) >= 11 is 0. The molecule has 0 spiro atoms. The van der Waals surface area contributed by atoms with Crippen LogP contribution in [0.25, 0.3) is 0 Å². The second-order valence-electron chi connectivity index (χ2n) is 5.06. The Morgan fingerprint density at radius 2 is 2.16 bits per heavy atom. The summed E-state index contributed by atoms with van der Waals surface area (Å²) in [5.74, 6) is 0.116. The molecular formula is C15H22N2O2. The number of hydrogen-bond acceptors (Lipinski definition) is 3. The summed E-state index contributed by atoms with van der Waals surface area (Å²) < 4.78 is 0. The van der Waals surface area contributed by atoms with Crippen LogP contribution in [0.3, 0.4) is 0 Å². The highest BCUT2D eigenvalue weighted by Gasteiger charge is 2.21. The summed E-state index contributed by atoms with van der Waals surface area (Å²) in [6, 6.07) is 6.05. The third-order valence-corrected chi connectivity index (χ3v) is 3.57. The van der Waals surface area contributed by atoms with E-state index in [1.807, 2.05) is 19.2 Å². The van der Waals surface area contributed by atoms with Crippen molar-refractivity contribution in [1.29, 1.82) is 0 Å². The monoisotopic (exact) mass is 262 g/mol. The van der Waals surface area contributed by atoms with Crippen molar-refractivity contribution in [3.63, 3.8) is 0 Å². The molecule has 4 nitrogen and oxygen atoms in total. The van der Waals surface area contributed by atoms with E-state index in [4.69, 9.17) is 5.11 Å². The lowest BCUT2D eigenvalue weighted by molar-refractivity contribution is 0.0781. The van der Waals surface area contributed by atoms with E-state index in [1.54, 1.807) is 4.90 Å². The smallest absolute Gasteiger partial charge is 0.253 e. The number of amides is 1. The van der Waals surface area contributed by atoms with Gasteiger partial charge in [0.2, 0.25) is 0 Å². The molecule has 1 amide bonds. The van der Waals surface area contributed by atoms with Crippen LogP contribution in [0.2, 0.25) is 0 Å². The first-order valence-corrected chi connectivity index (χ1v) is 6.95. The number of unbranched alkanes of at least 4 members (excludes halogenated alkanes) is 2. The Hall–Kier alpha value is -1.55. The van der Waals surface area contributed by atoms with Crippen LogP contribution in [-0.4, -0.2) is 42.7 Å². The highest BCUT2D eigenvalue weighted by atomic mass is 16.2. The molecule has 104 valence electrons. The molecule has 0 fully saturated rings. The molecular weight excluding hydrogens is 240 g/mol. The van der Waals surface area contributed by atoms with Crippen LogP contribution >= 0.6 is 0 Å². The van der Waals surface area contributed by atoms with Gasteiger partial charge in [0.25, 0.3) is 5.91 Å². The Morgan fingerprint density at radius 1 is 1.32 bits per heavy atom. The van der Waals surface area contributed by atoms with Gasteiger partial charge in [-0.05, 0) is 43.4 Å². The van der Waals surface area contributed by atoms with Crippen LogP contribution in [0.5, 0.6) is 0 Å². The molecule has 0 bridgehead atoms. The molecule has 0 aliphatic carbocycles. The van der Waals surface area contributed by atoms with Crippen molar-refractivity contribution >= 4 is 11.6 Å². The number of rotatable bonds is 6. The van der Waals surface area contributed by atoms with Gasteiger partial charge in [-0.2, -0.15) is 0 Å². The van der Waals surface area contributed by atoms with Crippen LogP contribution in [0.4, 0.5) is 5.69 Å². The van der Waals surface area contributed by atoms with Crippen molar-refractivity contribution in [1.82, 2.24) is 4.90 Å². The predicted molar refractivity (Wildman–Crippen MR) is 76.5 cm³/mol. The summed E-state index contributed by atoms with van der Waals surface area (Å²) in [6.07, 6.45) is 3.85. The number of benzene rings is 1. The minimum Gasteiger partial charge on any atom is -0.396 e. The van der Waals surface area contributed by atoms with Gasteiger partial charge < -0.3 is 15.3 Å². The number of carbonyl (C=O) groups is 1. The van der Waals surface area contributed by atoms with Crippen molar-refractivity contribution < 1.29 is 9.90 Å². The Morgan fingerprint density at radius 3 is 2.95 bits per heavy atom. The van der Waals surface area contributed by atoms with Gasteiger partial charge in [-0.15, -0.1) is 0 Å². The number of aliphatic hydroxyl groups excluding tert-OH is 1. The number of anilines is 1. The molecule has 19 heavy (non-hydrogen) atoms. The average Bonchev–Trinajstić information content (AvgIpc) is 2.43. The third kappa shape index (κ3) is 3.47. The lowest BCUT2D eigenvalue weighted by Crippen LogP contribution is -2.34. The number of likely N-dealkylation sites (N-methyl/N-ethyl adjacent to an activating group) is 1. The zero-order chi connectivity index (χ0) is 13.7. The molecule has 0 radical (unpaired) electrons. The van der Waals surface area contributed by atoms with Crippen LogP contribution in [0, 0.1) is 0 Å². The topological polar surface area (TPSA) is 52.6 Å². The Bertz CT molecular complexity index is 446. The number of aliphatic hydroxyl groups is 1. The van der Waals surface area contributed by atoms with Gasteiger partial charge in [-0.25, -0.2) is 0 Å². The molecule has 4 heteroatoms. The molecule has 2 N–H and O–H groups in total. The van der Waals surface area contributed by atoms with Crippen LogP contribution in [0.1, 0.15) is 35.2 Å². The van der Waals surface area contributed by atoms with E-state index in [0.29, 0.717) is 0 Å². The number of hydrogen-bond donors (Lipinski definition) is 2. The fraction of sp³-hybridized carbons (Fsp3) is 0.533. The summed E-state index contributed by atoms with van der Waals surface area (Å²) in [7, 11) is 1.85. The lowest BCUT2D eigenvalue weighted by Gasteiger charge is -2.25. The number of nitrogens with zero attached hydrogens (tertiary/aromatic N) is 1. The van der Waals surface area contributed by atoms with Crippen molar-refractivity contribution in [2.24, 2.45) is 0 Å². The second kappa shape index (κ2) is 6.57. The van der Waals surface area contributed by atoms with Gasteiger partial charge in [0.1, 0.15) is 0 Å². The summed E-state index contributed by atoms with van der Waals surface area (Å²) in [5.41, 5.74) is 2.98. The van der Waals surface area contributed by atoms with E-state index < -0.39 is 0 Å². The fourth-order valence-electron chi connectivity index (χ4n) is 2.35. The molecule has 1 aromatic rings. The maximum atomic E-state index is 12.1. The van der Waals surface area contributed by atoms with Crippen molar-refractivity contribution in [2.75, 3.05) is 32.1 Å². The van der Waals surface area contributed by atoms with E-state index in [-0.39, 0.29) is 12.5 Å². The molecule has 1 heterocycles. The molecule has 1 aromatic carbocycles. The van der Waals surface area contributed by atoms with Crippen molar-refractivity contribution in [3.8, 4) is 0 Å². The Labute approximate surface area is 114 Å². The van der Waals surface area contributed by atoms with E-state index in [9.17, 15) is 4.79 Å². The third-order valence-electron chi connectivity index (χ3n) is 3.57. The van der Waals surface area contributed by atoms with Gasteiger partial charge in [-0.3, -0.25) is 4.79 Å². The van der Waals surface area contributed by atoms with Crippen LogP contribution in [-0.2, 0) is 6.42 Å². The second-order valence-corrected chi connectivity index (χ2v) is 5.06. The zero-order valence-corrected chi connectivity index (χ0v) is 11.5. The maximum Gasteiger partial charge on any atom is 0.253 e. The fourth-order valence-corrected chi connectivity index (χ4v) is 2.35. The number of nitrogens with one attached hydrogen (secondary N) is 1. The number of fused-ring (bicyclic) bond motifs is 1. The minimum absolute atomic E-state index is 0.116. The molecule has 0 unspecified atom stereocenters. The Balaban J connectivity index is 1.94. The predicted octanol–water partition coefficient (Wildman–Crippen LogP) is 1.89. The summed E-state index contributed by atoms with van der Waals surface area (Å²) in [6.45, 7) is 1.95. The highest BCUT2D eigenvalue weighted by Crippen LogP contribution is 2.22. The van der Waals surface area contributed by atoms with E-state index in [0.717, 1.165) is 55.6 Å². The van der Waals surface area contributed by atoms with Gasteiger partial charge in [-0.1, -0.05) is 6.07 Å². The van der Waals surface area contributed by atoms with Crippen LogP contribution < -0.4 is 5.32 Å². The summed E-state index contributed by atoms with van der Waals surface area (Å²) in [5, 5.41) is 12.0. The van der Waals surface area contributed by atoms with Gasteiger partial charge in [0, 0.05) is 38.0 Å². The molecule has 1 aliphatic rings. The molecule has 1 aliphatic heterocycles. The minimum atomic E-state index is 0.116. The Kier molecular flexibility index (Phi) is 4.80. The van der Waals surface area contributed by atoms with E-state index >= 15 is 0 Å². The van der Waals surface area contributed by atoms with E-state index in [1.165, 1.54) is 0 Å². The highest BCUT2D eigenvalue weighted by molar-refractivity contribution is 5.97. The van der Waals surface area contributed by atoms with E-state index in [2.05, 4.69) is 11.4 Å². The van der Waals surface area contributed by atoms with Crippen LogP contribution in [0.15, 0.2) is 18.2 Å². The van der Waals surface area contributed by atoms with Gasteiger partial charge in [0.15, 0.2) is 0 Å². The standard InChI is InChI=1S/C15H22N2O2/c1-17-9-7-12-5-6-13(11-14(12)15(17)19)16-8-3-2-4-10-18/h5-6,11,16,18H,2-4,7-10H2,1H3. The summed E-state index contributed by atoms with van der Waals surface area (Å²) in [4.78, 5) is 13.8. The largest absolute Gasteiger partial charge is 0.396 e. The van der Waals surface area contributed by atoms with Gasteiger partial charge >= 0.3 is 0 Å². The molecule has 0 atom stereocenters. The molecule has 0 saturated carbocycles. The number of carbonyl (C=O) groups excluding carboxylic acids is 1. The lowest BCUT2D eigenvalue weighted by atomic mass is 9.98. The SMILES string of the molecule is CN1CCc2ccc(NCCCCCO)cc2C1=O. The first-order valence-electron chi connectivity index (χ1n) is 6.95. The quantitative estimate of drug-likeness (QED) is 0.770. The molecule has 0 aromatic heterocycles. The van der Waals surface area contributed by atoms with Gasteiger partial charge in [0.05, 0.1) is 0 Å². The first kappa shape index (κ1) is 13.9. The maximum absolute atomic E-state index is 12.1. The average molecular weight is 262 g/mol. The van der Waals surface area contributed by atoms with Crippen molar-refractivity contribution in [2.45, 2.75) is 25.7 Å². The molecule has 2 rings (SSSR count). The molecule has 0 saturated heterocycles. The normalized spacial score (nSPS) is 14.4. The zero-order valence-electron chi connectivity index (χ0n) is 11.5. The van der Waals surface area contributed by atoms with Crippen molar-refractivity contribution in [3.05, 3.63) is 29.3 Å².